The van der Waals surface area contributed by atoms with E-state index in [0.717, 1.165) is 5.56 Å². The summed E-state index contributed by atoms with van der Waals surface area (Å²) in [4.78, 5) is 0. The number of rotatable bonds is 8. The highest BCUT2D eigenvalue weighted by molar-refractivity contribution is 5.25. The van der Waals surface area contributed by atoms with Gasteiger partial charge in [-0.05, 0) is 5.56 Å². The van der Waals surface area contributed by atoms with E-state index in [1.54, 1.807) is 14.2 Å². The van der Waals surface area contributed by atoms with E-state index in [2.05, 4.69) is 5.32 Å². The molecule has 1 rings (SSSR count). The molecule has 1 aromatic carbocycles. The minimum Gasteiger partial charge on any atom is -0.394 e. The molecule has 0 saturated carbocycles. The maximum Gasteiger partial charge on any atom is 0.0906 e. The molecular weight excluding hydrogens is 218 g/mol. The molecule has 0 fully saturated rings. The molecule has 1 aromatic rings. The molecule has 1 unspecified atom stereocenters. The molecule has 2 N–H and O–H groups in total. The maximum atomic E-state index is 9.68. The summed E-state index contributed by atoms with van der Waals surface area (Å²) in [5.41, 5.74) is 0.453. The van der Waals surface area contributed by atoms with Gasteiger partial charge in [0.05, 0.1) is 25.4 Å². The number of benzene rings is 1. The van der Waals surface area contributed by atoms with Crippen molar-refractivity contribution in [3.8, 4) is 0 Å². The standard InChI is InChI=1S/C13H21NO3/c1-16-9-8-14-13(10-15,11-17-2)12-6-4-3-5-7-12/h3-7,14-15H,8-11H2,1-2H3. The van der Waals surface area contributed by atoms with Crippen LogP contribution in [0.2, 0.25) is 0 Å². The lowest BCUT2D eigenvalue weighted by Crippen LogP contribution is -2.50. The van der Waals surface area contributed by atoms with Crippen molar-refractivity contribution in [2.24, 2.45) is 0 Å². The van der Waals surface area contributed by atoms with Gasteiger partial charge in [0.25, 0.3) is 0 Å². The molecule has 0 radical (unpaired) electrons. The molecule has 0 aliphatic heterocycles. The van der Waals surface area contributed by atoms with Gasteiger partial charge >= 0.3 is 0 Å². The minimum absolute atomic E-state index is 0.0193. The molecule has 17 heavy (non-hydrogen) atoms. The molecule has 0 aliphatic carbocycles. The Hall–Kier alpha value is -0.940. The number of aliphatic hydroxyl groups excluding tert-OH is 1. The highest BCUT2D eigenvalue weighted by Crippen LogP contribution is 2.20. The normalized spacial score (nSPS) is 14.5. The number of hydrogen-bond acceptors (Lipinski definition) is 4. The van der Waals surface area contributed by atoms with Gasteiger partial charge in [-0.2, -0.15) is 0 Å². The van der Waals surface area contributed by atoms with Gasteiger partial charge in [-0.15, -0.1) is 0 Å². The maximum absolute atomic E-state index is 9.68. The zero-order valence-electron chi connectivity index (χ0n) is 10.5. The highest BCUT2D eigenvalue weighted by Gasteiger charge is 2.30. The van der Waals surface area contributed by atoms with Gasteiger partial charge in [-0.1, -0.05) is 30.3 Å². The Labute approximate surface area is 103 Å². The van der Waals surface area contributed by atoms with Crippen LogP contribution in [-0.4, -0.2) is 45.7 Å². The van der Waals surface area contributed by atoms with Crippen LogP contribution in [0.4, 0.5) is 0 Å². The third-order valence-corrected chi connectivity index (χ3v) is 2.76. The molecule has 4 nitrogen and oxygen atoms in total. The second kappa shape index (κ2) is 7.40. The first-order valence-corrected chi connectivity index (χ1v) is 5.68. The van der Waals surface area contributed by atoms with Gasteiger partial charge in [0.2, 0.25) is 0 Å². The van der Waals surface area contributed by atoms with E-state index >= 15 is 0 Å². The van der Waals surface area contributed by atoms with Crippen molar-refractivity contribution in [2.75, 3.05) is 40.6 Å². The zero-order valence-corrected chi connectivity index (χ0v) is 10.5. The summed E-state index contributed by atoms with van der Waals surface area (Å²) >= 11 is 0. The van der Waals surface area contributed by atoms with E-state index in [1.807, 2.05) is 30.3 Å². The third kappa shape index (κ3) is 3.78. The minimum atomic E-state index is -0.561. The monoisotopic (exact) mass is 239 g/mol. The Balaban J connectivity index is 2.83. The molecule has 0 heterocycles. The Kier molecular flexibility index (Phi) is 6.15. The van der Waals surface area contributed by atoms with E-state index in [4.69, 9.17) is 9.47 Å². The molecule has 0 amide bonds. The van der Waals surface area contributed by atoms with Crippen LogP contribution in [-0.2, 0) is 15.0 Å². The Bertz CT molecular complexity index is 305. The second-order valence-corrected chi connectivity index (χ2v) is 3.96. The molecule has 0 aliphatic rings. The molecule has 0 saturated heterocycles. The SMILES string of the molecule is COCCNC(CO)(COC)c1ccccc1. The average molecular weight is 239 g/mol. The predicted molar refractivity (Wildman–Crippen MR) is 67.0 cm³/mol. The molecule has 96 valence electrons. The molecule has 0 bridgehead atoms. The number of methoxy groups -OCH3 is 2. The lowest BCUT2D eigenvalue weighted by molar-refractivity contribution is 0.0549. The second-order valence-electron chi connectivity index (χ2n) is 3.96. The lowest BCUT2D eigenvalue weighted by atomic mass is 9.91. The topological polar surface area (TPSA) is 50.7 Å². The Morgan fingerprint density at radius 3 is 2.41 bits per heavy atom. The first kappa shape index (κ1) is 14.1. The summed E-state index contributed by atoms with van der Waals surface area (Å²) in [7, 11) is 3.28. The average Bonchev–Trinajstić information content (AvgIpc) is 2.39. The zero-order chi connectivity index (χ0) is 12.6. The van der Waals surface area contributed by atoms with Crippen LogP contribution >= 0.6 is 0 Å². The van der Waals surface area contributed by atoms with Crippen molar-refractivity contribution in [3.05, 3.63) is 35.9 Å². The molecule has 4 heteroatoms. The van der Waals surface area contributed by atoms with Crippen LogP contribution in [0.15, 0.2) is 30.3 Å². The van der Waals surface area contributed by atoms with Gasteiger partial charge in [0.1, 0.15) is 0 Å². The van der Waals surface area contributed by atoms with Crippen molar-refractivity contribution in [3.63, 3.8) is 0 Å². The van der Waals surface area contributed by atoms with Crippen LogP contribution in [0.5, 0.6) is 0 Å². The number of aliphatic hydroxyl groups is 1. The fraction of sp³-hybridized carbons (Fsp3) is 0.538. The first-order valence-electron chi connectivity index (χ1n) is 5.68. The molecule has 0 spiro atoms. The number of nitrogens with one attached hydrogen (secondary N) is 1. The van der Waals surface area contributed by atoms with Crippen molar-refractivity contribution < 1.29 is 14.6 Å². The van der Waals surface area contributed by atoms with Gasteiger partial charge < -0.3 is 19.9 Å². The van der Waals surface area contributed by atoms with Crippen molar-refractivity contribution >= 4 is 0 Å². The van der Waals surface area contributed by atoms with Crippen molar-refractivity contribution in [1.29, 1.82) is 0 Å². The highest BCUT2D eigenvalue weighted by atomic mass is 16.5. The largest absolute Gasteiger partial charge is 0.394 e. The van der Waals surface area contributed by atoms with Crippen LogP contribution < -0.4 is 5.32 Å². The quantitative estimate of drug-likeness (QED) is 0.658. The van der Waals surface area contributed by atoms with E-state index in [0.29, 0.717) is 19.8 Å². The summed E-state index contributed by atoms with van der Waals surface area (Å²) in [6.45, 7) is 1.65. The van der Waals surface area contributed by atoms with E-state index in [1.165, 1.54) is 0 Å². The summed E-state index contributed by atoms with van der Waals surface area (Å²) < 4.78 is 10.2. The van der Waals surface area contributed by atoms with E-state index < -0.39 is 5.54 Å². The van der Waals surface area contributed by atoms with Crippen LogP contribution in [0.3, 0.4) is 0 Å². The smallest absolute Gasteiger partial charge is 0.0906 e. The molecule has 0 aromatic heterocycles. The summed E-state index contributed by atoms with van der Waals surface area (Å²) in [5, 5.41) is 13.0. The van der Waals surface area contributed by atoms with Crippen LogP contribution in [0.25, 0.3) is 0 Å². The van der Waals surface area contributed by atoms with Crippen molar-refractivity contribution in [2.45, 2.75) is 5.54 Å². The predicted octanol–water partition coefficient (Wildman–Crippen LogP) is 0.757. The van der Waals surface area contributed by atoms with Gasteiger partial charge in [-0.3, -0.25) is 0 Å². The number of ether oxygens (including phenoxy) is 2. The Morgan fingerprint density at radius 1 is 1.18 bits per heavy atom. The fourth-order valence-electron chi connectivity index (χ4n) is 1.83. The first-order chi connectivity index (χ1) is 8.29. The summed E-state index contributed by atoms with van der Waals surface area (Å²) in [5.74, 6) is 0. The summed E-state index contributed by atoms with van der Waals surface area (Å²) in [6, 6.07) is 9.82. The van der Waals surface area contributed by atoms with Crippen LogP contribution in [0.1, 0.15) is 5.56 Å². The third-order valence-electron chi connectivity index (χ3n) is 2.76. The van der Waals surface area contributed by atoms with E-state index in [-0.39, 0.29) is 6.61 Å². The number of hydrogen-bond donors (Lipinski definition) is 2. The van der Waals surface area contributed by atoms with Crippen LogP contribution in [0, 0.1) is 0 Å². The summed E-state index contributed by atoms with van der Waals surface area (Å²) in [6.07, 6.45) is 0. The Morgan fingerprint density at radius 2 is 1.88 bits per heavy atom. The lowest BCUT2D eigenvalue weighted by Gasteiger charge is -2.33. The van der Waals surface area contributed by atoms with E-state index in [9.17, 15) is 5.11 Å². The molecular formula is C13H21NO3. The van der Waals surface area contributed by atoms with Crippen molar-refractivity contribution in [1.82, 2.24) is 5.32 Å². The molecule has 1 atom stereocenters. The van der Waals surface area contributed by atoms with Gasteiger partial charge in [-0.25, -0.2) is 0 Å². The van der Waals surface area contributed by atoms with Gasteiger partial charge in [0, 0.05) is 20.8 Å². The van der Waals surface area contributed by atoms with Gasteiger partial charge in [0.15, 0.2) is 0 Å². The fourth-order valence-corrected chi connectivity index (χ4v) is 1.83.